The van der Waals surface area contributed by atoms with Gasteiger partial charge in [0, 0.05) is 18.4 Å². The molecule has 2 rings (SSSR count). The number of hydrogen-bond acceptors (Lipinski definition) is 2. The summed E-state index contributed by atoms with van der Waals surface area (Å²) in [6.45, 7) is 3.05. The van der Waals surface area contributed by atoms with Gasteiger partial charge in [-0.3, -0.25) is 4.79 Å². The minimum atomic E-state index is -0.133. The van der Waals surface area contributed by atoms with Gasteiger partial charge >= 0.3 is 0 Å². The standard InChI is InChI=1S/C12H20BrNOS/c1-12(4-3-5-16-12)11(15)14(2)8-9-6-10(13)7-9/h9-10H,3-8H2,1-2H3. The third kappa shape index (κ3) is 2.58. The highest BCUT2D eigenvalue weighted by molar-refractivity contribution is 9.09. The van der Waals surface area contributed by atoms with E-state index in [1.165, 1.54) is 19.3 Å². The second kappa shape index (κ2) is 4.89. The Balaban J connectivity index is 1.84. The van der Waals surface area contributed by atoms with Crippen molar-refractivity contribution in [2.75, 3.05) is 19.3 Å². The molecule has 0 N–H and O–H groups in total. The van der Waals surface area contributed by atoms with Crippen LogP contribution in [0.25, 0.3) is 0 Å². The summed E-state index contributed by atoms with van der Waals surface area (Å²) in [5.74, 6) is 2.20. The Hall–Kier alpha value is 0.300. The van der Waals surface area contributed by atoms with Gasteiger partial charge in [0.05, 0.1) is 4.75 Å². The van der Waals surface area contributed by atoms with Crippen molar-refractivity contribution in [2.24, 2.45) is 5.92 Å². The van der Waals surface area contributed by atoms with Crippen molar-refractivity contribution in [3.05, 3.63) is 0 Å². The molecular weight excluding hydrogens is 286 g/mol. The Labute approximate surface area is 111 Å². The van der Waals surface area contributed by atoms with Crippen LogP contribution in [0, 0.1) is 5.92 Å². The van der Waals surface area contributed by atoms with Gasteiger partial charge in [0.25, 0.3) is 0 Å². The van der Waals surface area contributed by atoms with Crippen LogP contribution >= 0.6 is 27.7 Å². The molecule has 4 heteroatoms. The smallest absolute Gasteiger partial charge is 0.238 e. The lowest BCUT2D eigenvalue weighted by Gasteiger charge is -2.36. The Kier molecular flexibility index (Phi) is 3.89. The minimum absolute atomic E-state index is 0.133. The summed E-state index contributed by atoms with van der Waals surface area (Å²) in [7, 11) is 1.97. The number of nitrogens with zero attached hydrogens (tertiary/aromatic N) is 1. The molecule has 0 aromatic heterocycles. The topological polar surface area (TPSA) is 20.3 Å². The van der Waals surface area contributed by atoms with Crippen LogP contribution in [-0.4, -0.2) is 39.7 Å². The average molecular weight is 306 g/mol. The third-order valence-corrected chi connectivity index (χ3v) is 5.98. The molecule has 1 aliphatic heterocycles. The highest BCUT2D eigenvalue weighted by Crippen LogP contribution is 2.40. The van der Waals surface area contributed by atoms with Crippen LogP contribution in [0.5, 0.6) is 0 Å². The summed E-state index contributed by atoms with van der Waals surface area (Å²) in [4.78, 5) is 15.0. The largest absolute Gasteiger partial charge is 0.344 e. The average Bonchev–Trinajstić information content (AvgIpc) is 2.63. The molecule has 1 heterocycles. The second-order valence-electron chi connectivity index (χ2n) is 5.30. The zero-order valence-electron chi connectivity index (χ0n) is 10.0. The Bertz CT molecular complexity index is 272. The number of amides is 1. The SMILES string of the molecule is CN(CC1CC(Br)C1)C(=O)C1(C)CCCS1. The molecule has 92 valence electrons. The molecule has 16 heavy (non-hydrogen) atoms. The van der Waals surface area contributed by atoms with E-state index in [2.05, 4.69) is 22.9 Å². The lowest BCUT2D eigenvalue weighted by Crippen LogP contribution is -2.45. The first kappa shape index (κ1) is 12.7. The van der Waals surface area contributed by atoms with Gasteiger partial charge in [-0.2, -0.15) is 0 Å². The molecular formula is C12H20BrNOS. The van der Waals surface area contributed by atoms with Gasteiger partial charge < -0.3 is 4.90 Å². The van der Waals surface area contributed by atoms with Gasteiger partial charge in [0.2, 0.25) is 5.91 Å². The Morgan fingerprint density at radius 2 is 2.25 bits per heavy atom. The van der Waals surface area contributed by atoms with Gasteiger partial charge in [0.15, 0.2) is 0 Å². The van der Waals surface area contributed by atoms with Gasteiger partial charge in [-0.15, -0.1) is 11.8 Å². The molecule has 1 saturated carbocycles. The van der Waals surface area contributed by atoms with Crippen molar-refractivity contribution >= 4 is 33.6 Å². The number of hydrogen-bond donors (Lipinski definition) is 0. The van der Waals surface area contributed by atoms with Gasteiger partial charge in [0.1, 0.15) is 0 Å². The zero-order valence-corrected chi connectivity index (χ0v) is 12.4. The third-order valence-electron chi connectivity index (χ3n) is 3.73. The van der Waals surface area contributed by atoms with Crippen LogP contribution in [0.2, 0.25) is 0 Å². The number of halogens is 1. The minimum Gasteiger partial charge on any atom is -0.344 e. The van der Waals surface area contributed by atoms with Crippen LogP contribution in [0.4, 0.5) is 0 Å². The molecule has 0 aromatic carbocycles. The fourth-order valence-corrected chi connectivity index (χ4v) is 4.99. The molecule has 1 saturated heterocycles. The molecule has 1 unspecified atom stereocenters. The number of rotatable bonds is 3. The first-order chi connectivity index (χ1) is 7.51. The van der Waals surface area contributed by atoms with E-state index in [1.807, 2.05) is 23.7 Å². The van der Waals surface area contributed by atoms with Crippen molar-refractivity contribution in [3.63, 3.8) is 0 Å². The number of carbonyl (C=O) groups is 1. The van der Waals surface area contributed by atoms with Crippen molar-refractivity contribution in [1.82, 2.24) is 4.90 Å². The summed E-state index contributed by atoms with van der Waals surface area (Å²) in [6, 6.07) is 0. The molecule has 2 nitrogen and oxygen atoms in total. The summed E-state index contributed by atoms with van der Waals surface area (Å²) in [5.41, 5.74) is 0. The zero-order chi connectivity index (χ0) is 11.8. The summed E-state index contributed by atoms with van der Waals surface area (Å²) in [6.07, 6.45) is 4.68. The van der Waals surface area contributed by atoms with Crippen molar-refractivity contribution in [1.29, 1.82) is 0 Å². The highest BCUT2D eigenvalue weighted by Gasteiger charge is 2.40. The maximum absolute atomic E-state index is 12.3. The second-order valence-corrected chi connectivity index (χ2v) is 8.20. The predicted molar refractivity (Wildman–Crippen MR) is 73.2 cm³/mol. The van der Waals surface area contributed by atoms with Crippen molar-refractivity contribution in [3.8, 4) is 0 Å². The van der Waals surface area contributed by atoms with Crippen LogP contribution in [0.15, 0.2) is 0 Å². The Morgan fingerprint density at radius 1 is 1.56 bits per heavy atom. The summed E-state index contributed by atoms with van der Waals surface area (Å²) in [5, 5.41) is 0. The summed E-state index contributed by atoms with van der Waals surface area (Å²) < 4.78 is -0.133. The van der Waals surface area contributed by atoms with E-state index in [-0.39, 0.29) is 4.75 Å². The first-order valence-electron chi connectivity index (χ1n) is 6.05. The lowest BCUT2D eigenvalue weighted by atomic mass is 9.85. The van der Waals surface area contributed by atoms with Crippen LogP contribution < -0.4 is 0 Å². The first-order valence-corrected chi connectivity index (χ1v) is 7.95. The molecule has 0 bridgehead atoms. The summed E-state index contributed by atoms with van der Waals surface area (Å²) >= 11 is 5.43. The van der Waals surface area contributed by atoms with Gasteiger partial charge in [-0.25, -0.2) is 0 Å². The number of thioether (sulfide) groups is 1. The van der Waals surface area contributed by atoms with E-state index < -0.39 is 0 Å². The molecule has 1 aliphatic carbocycles. The lowest BCUT2D eigenvalue weighted by molar-refractivity contribution is -0.133. The van der Waals surface area contributed by atoms with E-state index in [0.717, 1.165) is 18.7 Å². The number of alkyl halides is 1. The Morgan fingerprint density at radius 3 is 2.75 bits per heavy atom. The predicted octanol–water partition coefficient (Wildman–Crippen LogP) is 2.90. The van der Waals surface area contributed by atoms with Crippen molar-refractivity contribution < 1.29 is 4.79 Å². The van der Waals surface area contributed by atoms with Crippen LogP contribution in [0.3, 0.4) is 0 Å². The van der Waals surface area contributed by atoms with E-state index >= 15 is 0 Å². The quantitative estimate of drug-likeness (QED) is 0.747. The normalized spacial score (nSPS) is 38.2. The molecule has 0 aromatic rings. The van der Waals surface area contributed by atoms with Crippen LogP contribution in [-0.2, 0) is 4.79 Å². The van der Waals surface area contributed by atoms with Crippen molar-refractivity contribution in [2.45, 2.75) is 42.2 Å². The van der Waals surface area contributed by atoms with E-state index in [1.54, 1.807) is 0 Å². The molecule has 2 aliphatic rings. The molecule has 2 fully saturated rings. The number of carbonyl (C=O) groups excluding carboxylic acids is 1. The van der Waals surface area contributed by atoms with E-state index in [0.29, 0.717) is 16.7 Å². The molecule has 0 radical (unpaired) electrons. The van der Waals surface area contributed by atoms with E-state index in [4.69, 9.17) is 0 Å². The molecule has 1 atom stereocenters. The molecule has 1 amide bonds. The van der Waals surface area contributed by atoms with Gasteiger partial charge in [-0.05, 0) is 44.3 Å². The van der Waals surface area contributed by atoms with Crippen LogP contribution in [0.1, 0.15) is 32.6 Å². The van der Waals surface area contributed by atoms with Gasteiger partial charge in [-0.1, -0.05) is 15.9 Å². The monoisotopic (exact) mass is 305 g/mol. The fraction of sp³-hybridized carbons (Fsp3) is 0.917. The highest BCUT2D eigenvalue weighted by atomic mass is 79.9. The molecule has 0 spiro atoms. The van der Waals surface area contributed by atoms with E-state index in [9.17, 15) is 4.79 Å². The maximum atomic E-state index is 12.3. The fourth-order valence-electron chi connectivity index (χ4n) is 2.63. The maximum Gasteiger partial charge on any atom is 0.238 e.